The highest BCUT2D eigenvalue weighted by molar-refractivity contribution is 5.85. The van der Waals surface area contributed by atoms with Crippen LogP contribution in [0.5, 0.6) is 0 Å². The van der Waals surface area contributed by atoms with Crippen LogP contribution in [0.1, 0.15) is 18.9 Å². The molecule has 146 valence electrons. The molecule has 1 atom stereocenters. The number of piperazine rings is 1. The number of alkyl halides is 3. The van der Waals surface area contributed by atoms with Gasteiger partial charge in [-0.05, 0) is 19.1 Å². The lowest BCUT2D eigenvalue weighted by Crippen LogP contribution is -2.49. The second-order valence-electron chi connectivity index (χ2n) is 6.01. The number of carbonyl (C=O) groups excluding carboxylic acids is 1. The van der Waals surface area contributed by atoms with Gasteiger partial charge in [-0.15, -0.1) is 12.4 Å². The van der Waals surface area contributed by atoms with Crippen LogP contribution < -0.4 is 10.6 Å². The van der Waals surface area contributed by atoms with Gasteiger partial charge in [0.1, 0.15) is 5.69 Å². The second-order valence-corrected chi connectivity index (χ2v) is 6.01. The molecule has 7 nitrogen and oxygen atoms in total. The summed E-state index contributed by atoms with van der Waals surface area (Å²) >= 11 is 0. The fourth-order valence-electron chi connectivity index (χ4n) is 2.71. The number of carbonyl (C=O) groups is 1. The third-order valence-corrected chi connectivity index (χ3v) is 3.97. The predicted molar refractivity (Wildman–Crippen MR) is 92.4 cm³/mol. The molecule has 1 heterocycles. The van der Waals surface area contributed by atoms with E-state index in [9.17, 15) is 28.1 Å². The molecule has 1 aromatic carbocycles. The zero-order valence-electron chi connectivity index (χ0n) is 14.0. The molecule has 0 aliphatic carbocycles. The summed E-state index contributed by atoms with van der Waals surface area (Å²) in [4.78, 5) is 25.6. The van der Waals surface area contributed by atoms with Crippen molar-refractivity contribution >= 4 is 29.7 Å². The molecule has 0 spiro atoms. The van der Waals surface area contributed by atoms with Gasteiger partial charge in [-0.25, -0.2) is 0 Å². The predicted octanol–water partition coefficient (Wildman–Crippen LogP) is 2.42. The minimum Gasteiger partial charge on any atom is -0.362 e. The number of rotatable bonds is 4. The van der Waals surface area contributed by atoms with E-state index in [1.807, 2.05) is 0 Å². The van der Waals surface area contributed by atoms with E-state index in [4.69, 9.17) is 5.73 Å². The van der Waals surface area contributed by atoms with Crippen molar-refractivity contribution in [2.24, 2.45) is 5.73 Å². The standard InChI is InChI=1S/C15H19F3N4O3.ClH/c1-10(19)8-14(23)21-6-4-20(5-7-21)12-3-2-11(15(16,17)18)9-13(12)22(24)25;/h2-3,9-10H,4-8,19H2,1H3;1H. The minimum atomic E-state index is -4.65. The number of hydrogen-bond donors (Lipinski definition) is 1. The maximum absolute atomic E-state index is 12.8. The number of anilines is 1. The number of amides is 1. The molecule has 1 aromatic rings. The van der Waals surface area contributed by atoms with Gasteiger partial charge in [0.05, 0.1) is 10.5 Å². The normalized spacial score (nSPS) is 16.0. The average molecular weight is 397 g/mol. The molecule has 1 unspecified atom stereocenters. The van der Waals surface area contributed by atoms with Crippen LogP contribution in [0.15, 0.2) is 18.2 Å². The summed E-state index contributed by atoms with van der Waals surface area (Å²) in [6.07, 6.45) is -4.44. The second kappa shape index (κ2) is 8.54. The number of nitro benzene ring substituents is 1. The van der Waals surface area contributed by atoms with Crippen molar-refractivity contribution < 1.29 is 22.9 Å². The van der Waals surface area contributed by atoms with Crippen LogP contribution in [-0.4, -0.2) is 48.0 Å². The van der Waals surface area contributed by atoms with E-state index in [-0.39, 0.29) is 36.5 Å². The lowest BCUT2D eigenvalue weighted by Gasteiger charge is -2.36. The number of hydrogen-bond acceptors (Lipinski definition) is 5. The van der Waals surface area contributed by atoms with Crippen molar-refractivity contribution in [3.63, 3.8) is 0 Å². The lowest BCUT2D eigenvalue weighted by molar-refractivity contribution is -0.384. The molecular weight excluding hydrogens is 377 g/mol. The van der Waals surface area contributed by atoms with E-state index < -0.39 is 22.4 Å². The Kier molecular flexibility index (Phi) is 7.22. The smallest absolute Gasteiger partial charge is 0.362 e. The molecule has 2 rings (SSSR count). The van der Waals surface area contributed by atoms with E-state index in [0.29, 0.717) is 32.2 Å². The number of halogens is 4. The number of benzene rings is 1. The van der Waals surface area contributed by atoms with Gasteiger partial charge in [-0.1, -0.05) is 0 Å². The highest BCUT2D eigenvalue weighted by Crippen LogP contribution is 2.36. The Morgan fingerprint density at radius 2 is 1.88 bits per heavy atom. The topological polar surface area (TPSA) is 92.7 Å². The zero-order chi connectivity index (χ0) is 18.8. The quantitative estimate of drug-likeness (QED) is 0.623. The monoisotopic (exact) mass is 396 g/mol. The van der Waals surface area contributed by atoms with Crippen LogP contribution in [0.2, 0.25) is 0 Å². The molecule has 0 radical (unpaired) electrons. The van der Waals surface area contributed by atoms with Gasteiger partial charge in [-0.3, -0.25) is 14.9 Å². The summed E-state index contributed by atoms with van der Waals surface area (Å²) in [6.45, 7) is 3.00. The van der Waals surface area contributed by atoms with E-state index in [1.165, 1.54) is 0 Å². The van der Waals surface area contributed by atoms with Gasteiger partial charge in [-0.2, -0.15) is 13.2 Å². The average Bonchev–Trinajstić information content (AvgIpc) is 2.53. The van der Waals surface area contributed by atoms with E-state index in [2.05, 4.69) is 0 Å². The van der Waals surface area contributed by atoms with Gasteiger partial charge in [0.2, 0.25) is 5.91 Å². The molecule has 0 aromatic heterocycles. The molecule has 1 aliphatic rings. The van der Waals surface area contributed by atoms with Crippen LogP contribution in [0.25, 0.3) is 0 Å². The first-order chi connectivity index (χ1) is 11.6. The molecular formula is C15H20ClF3N4O3. The third kappa shape index (κ3) is 5.21. The zero-order valence-corrected chi connectivity index (χ0v) is 14.8. The molecule has 1 saturated heterocycles. The fourth-order valence-corrected chi connectivity index (χ4v) is 2.71. The SMILES string of the molecule is CC(N)CC(=O)N1CCN(c2ccc(C(F)(F)F)cc2[N+](=O)[O-])CC1.Cl. The Bertz CT molecular complexity index is 662. The van der Waals surface area contributed by atoms with E-state index >= 15 is 0 Å². The summed E-state index contributed by atoms with van der Waals surface area (Å²) in [5, 5.41) is 11.2. The summed E-state index contributed by atoms with van der Waals surface area (Å²) in [5.74, 6) is -0.100. The number of nitrogens with zero attached hydrogens (tertiary/aromatic N) is 3. The third-order valence-electron chi connectivity index (χ3n) is 3.97. The summed E-state index contributed by atoms with van der Waals surface area (Å²) in [7, 11) is 0. The molecule has 1 amide bonds. The molecule has 11 heteroatoms. The van der Waals surface area contributed by atoms with Crippen LogP contribution in [0, 0.1) is 10.1 Å². The van der Waals surface area contributed by atoms with Crippen molar-refractivity contribution in [3.05, 3.63) is 33.9 Å². The highest BCUT2D eigenvalue weighted by Gasteiger charge is 2.34. The highest BCUT2D eigenvalue weighted by atomic mass is 35.5. The first-order valence-corrected chi connectivity index (χ1v) is 7.73. The Morgan fingerprint density at radius 1 is 1.31 bits per heavy atom. The van der Waals surface area contributed by atoms with Crippen molar-refractivity contribution in [2.45, 2.75) is 25.6 Å². The minimum absolute atomic E-state index is 0. The Balaban J connectivity index is 0.00000338. The molecule has 26 heavy (non-hydrogen) atoms. The van der Waals surface area contributed by atoms with Gasteiger partial charge < -0.3 is 15.5 Å². The summed E-state index contributed by atoms with van der Waals surface area (Å²) in [6, 6.07) is 2.22. The summed E-state index contributed by atoms with van der Waals surface area (Å²) < 4.78 is 38.3. The lowest BCUT2D eigenvalue weighted by atomic mass is 10.1. The van der Waals surface area contributed by atoms with Gasteiger partial charge in [0.15, 0.2) is 0 Å². The molecule has 0 bridgehead atoms. The van der Waals surface area contributed by atoms with Crippen LogP contribution >= 0.6 is 12.4 Å². The first-order valence-electron chi connectivity index (χ1n) is 7.73. The van der Waals surface area contributed by atoms with Crippen molar-refractivity contribution in [3.8, 4) is 0 Å². The van der Waals surface area contributed by atoms with E-state index in [0.717, 1.165) is 12.1 Å². The molecule has 0 saturated carbocycles. The van der Waals surface area contributed by atoms with Gasteiger partial charge >= 0.3 is 6.18 Å². The largest absolute Gasteiger partial charge is 0.416 e. The van der Waals surface area contributed by atoms with Crippen molar-refractivity contribution in [1.82, 2.24) is 4.90 Å². The van der Waals surface area contributed by atoms with Crippen molar-refractivity contribution in [2.75, 3.05) is 31.1 Å². The van der Waals surface area contributed by atoms with Crippen LogP contribution in [-0.2, 0) is 11.0 Å². The number of nitro groups is 1. The van der Waals surface area contributed by atoms with E-state index in [1.54, 1.807) is 16.7 Å². The van der Waals surface area contributed by atoms with Crippen molar-refractivity contribution in [1.29, 1.82) is 0 Å². The van der Waals surface area contributed by atoms with Crippen LogP contribution in [0.4, 0.5) is 24.5 Å². The van der Waals surface area contributed by atoms with Gasteiger partial charge in [0.25, 0.3) is 5.69 Å². The molecule has 1 fully saturated rings. The first kappa shape index (κ1) is 22.0. The maximum Gasteiger partial charge on any atom is 0.416 e. The van der Waals surface area contributed by atoms with Gasteiger partial charge in [0, 0.05) is 44.7 Å². The Hall–Kier alpha value is -2.07. The summed E-state index contributed by atoms with van der Waals surface area (Å²) in [5.41, 5.74) is 4.06. The molecule has 2 N–H and O–H groups in total. The molecule has 1 aliphatic heterocycles. The Labute approximate surface area is 154 Å². The van der Waals surface area contributed by atoms with Crippen LogP contribution in [0.3, 0.4) is 0 Å². The fraction of sp³-hybridized carbons (Fsp3) is 0.533. The maximum atomic E-state index is 12.8. The Morgan fingerprint density at radius 3 is 2.35 bits per heavy atom. The number of nitrogens with two attached hydrogens (primary N) is 1.